The highest BCUT2D eigenvalue weighted by Gasteiger charge is 2.23. The largest absolute Gasteiger partial charge is 0.422 e. The van der Waals surface area contributed by atoms with E-state index in [0.29, 0.717) is 13.2 Å². The van der Waals surface area contributed by atoms with E-state index >= 15 is 0 Å². The lowest BCUT2D eigenvalue weighted by Gasteiger charge is -2.11. The van der Waals surface area contributed by atoms with Crippen LogP contribution in [0.5, 0.6) is 5.75 Å². The SMILES string of the molecule is CNCCOCCOCC(=O)Oc1c(Cl)cc(Cl)cc1S(=O)(=O)O. The van der Waals surface area contributed by atoms with Crippen molar-refractivity contribution in [2.75, 3.05) is 40.0 Å². The molecule has 0 aromatic heterocycles. The fourth-order valence-electron chi connectivity index (χ4n) is 1.52. The van der Waals surface area contributed by atoms with Crippen LogP contribution in [0.25, 0.3) is 0 Å². The number of hydrogen-bond acceptors (Lipinski definition) is 7. The van der Waals surface area contributed by atoms with Crippen LogP contribution in [0.3, 0.4) is 0 Å². The van der Waals surface area contributed by atoms with E-state index < -0.39 is 33.3 Å². The Labute approximate surface area is 149 Å². The van der Waals surface area contributed by atoms with Crippen LogP contribution in [0, 0.1) is 0 Å². The summed E-state index contributed by atoms with van der Waals surface area (Å²) in [6.45, 7) is 1.18. The van der Waals surface area contributed by atoms with E-state index in [0.717, 1.165) is 6.07 Å². The number of ether oxygens (including phenoxy) is 3. The number of benzene rings is 1. The summed E-state index contributed by atoms with van der Waals surface area (Å²) in [5, 5.41) is 2.62. The van der Waals surface area contributed by atoms with Crippen LogP contribution in [-0.4, -0.2) is 59.0 Å². The third kappa shape index (κ3) is 7.31. The zero-order valence-electron chi connectivity index (χ0n) is 12.8. The summed E-state index contributed by atoms with van der Waals surface area (Å²) in [6, 6.07) is 2.10. The highest BCUT2D eigenvalue weighted by atomic mass is 35.5. The van der Waals surface area contributed by atoms with Crippen molar-refractivity contribution in [1.82, 2.24) is 5.32 Å². The highest BCUT2D eigenvalue weighted by molar-refractivity contribution is 7.86. The van der Waals surface area contributed by atoms with Gasteiger partial charge in [0.25, 0.3) is 10.1 Å². The monoisotopic (exact) mass is 401 g/mol. The van der Waals surface area contributed by atoms with Gasteiger partial charge in [-0.15, -0.1) is 0 Å². The lowest BCUT2D eigenvalue weighted by molar-refractivity contribution is -0.140. The smallest absolute Gasteiger partial charge is 0.337 e. The maximum absolute atomic E-state index is 11.7. The van der Waals surface area contributed by atoms with Crippen LogP contribution in [0.2, 0.25) is 10.0 Å². The Bertz CT molecular complexity index is 667. The predicted molar refractivity (Wildman–Crippen MR) is 87.5 cm³/mol. The summed E-state index contributed by atoms with van der Waals surface area (Å²) >= 11 is 11.5. The topological polar surface area (TPSA) is 111 Å². The molecule has 0 aliphatic heterocycles. The molecule has 1 aromatic carbocycles. The second-order valence-corrected chi connectivity index (χ2v) is 6.67. The molecule has 0 heterocycles. The van der Waals surface area contributed by atoms with Gasteiger partial charge in [0.2, 0.25) is 0 Å². The molecule has 0 bridgehead atoms. The molecule has 24 heavy (non-hydrogen) atoms. The molecule has 8 nitrogen and oxygen atoms in total. The third-order valence-corrected chi connectivity index (χ3v) is 3.91. The Hall–Kier alpha value is -0.940. The first-order chi connectivity index (χ1) is 11.3. The predicted octanol–water partition coefficient (Wildman–Crippen LogP) is 1.40. The van der Waals surface area contributed by atoms with E-state index in [1.54, 1.807) is 7.05 Å². The minimum absolute atomic E-state index is 0.0395. The molecule has 0 saturated heterocycles. The van der Waals surface area contributed by atoms with Gasteiger partial charge in [-0.1, -0.05) is 23.2 Å². The molecule has 0 saturated carbocycles. The molecular weight excluding hydrogens is 385 g/mol. The highest BCUT2D eigenvalue weighted by Crippen LogP contribution is 2.35. The van der Waals surface area contributed by atoms with E-state index in [1.165, 1.54) is 6.07 Å². The Morgan fingerprint density at radius 1 is 1.21 bits per heavy atom. The van der Waals surface area contributed by atoms with Gasteiger partial charge >= 0.3 is 5.97 Å². The van der Waals surface area contributed by atoms with Gasteiger partial charge in [-0.3, -0.25) is 4.55 Å². The molecule has 0 spiro atoms. The van der Waals surface area contributed by atoms with Gasteiger partial charge in [0.1, 0.15) is 11.5 Å². The lowest BCUT2D eigenvalue weighted by Crippen LogP contribution is -2.20. The van der Waals surface area contributed by atoms with Crippen LogP contribution in [0.15, 0.2) is 17.0 Å². The maximum atomic E-state index is 11.7. The lowest BCUT2D eigenvalue weighted by atomic mass is 10.3. The molecule has 0 radical (unpaired) electrons. The molecule has 1 rings (SSSR count). The molecule has 136 valence electrons. The minimum Gasteiger partial charge on any atom is -0.422 e. The van der Waals surface area contributed by atoms with Crippen molar-refractivity contribution in [3.63, 3.8) is 0 Å². The Morgan fingerprint density at radius 3 is 2.50 bits per heavy atom. The third-order valence-electron chi connectivity index (χ3n) is 2.56. The van der Waals surface area contributed by atoms with Gasteiger partial charge in [-0.2, -0.15) is 8.42 Å². The van der Waals surface area contributed by atoms with E-state index in [9.17, 15) is 13.2 Å². The molecule has 0 aliphatic carbocycles. The molecule has 0 amide bonds. The summed E-state index contributed by atoms with van der Waals surface area (Å²) in [7, 11) is -2.88. The van der Waals surface area contributed by atoms with E-state index in [4.69, 9.17) is 42.0 Å². The van der Waals surface area contributed by atoms with Crippen molar-refractivity contribution in [2.45, 2.75) is 4.90 Å². The van der Waals surface area contributed by atoms with Crippen molar-refractivity contribution in [3.8, 4) is 5.75 Å². The molecule has 0 unspecified atom stereocenters. The number of esters is 1. The van der Waals surface area contributed by atoms with Gasteiger partial charge in [-0.25, -0.2) is 4.79 Å². The maximum Gasteiger partial charge on any atom is 0.337 e. The van der Waals surface area contributed by atoms with Crippen LogP contribution >= 0.6 is 23.2 Å². The van der Waals surface area contributed by atoms with Crippen molar-refractivity contribution in [1.29, 1.82) is 0 Å². The van der Waals surface area contributed by atoms with E-state index in [2.05, 4.69) is 5.32 Å². The number of likely N-dealkylation sites (N-methyl/N-ethyl adjacent to an activating group) is 1. The van der Waals surface area contributed by atoms with Crippen LogP contribution in [-0.2, 0) is 24.4 Å². The Morgan fingerprint density at radius 2 is 1.88 bits per heavy atom. The Balaban J connectivity index is 2.59. The standard InChI is InChI=1S/C13H17Cl2NO7S/c1-16-2-3-21-4-5-22-8-12(17)23-13-10(15)6-9(14)7-11(13)24(18,19)20/h6-7,16H,2-5,8H2,1H3,(H,18,19,20). The fourth-order valence-corrected chi connectivity index (χ4v) is 2.83. The van der Waals surface area contributed by atoms with Gasteiger partial charge in [0.15, 0.2) is 5.75 Å². The first-order valence-electron chi connectivity index (χ1n) is 6.73. The Kier molecular flexibility index (Phi) is 8.92. The molecule has 0 atom stereocenters. The number of nitrogens with one attached hydrogen (secondary N) is 1. The van der Waals surface area contributed by atoms with Gasteiger partial charge in [0, 0.05) is 11.6 Å². The average Bonchev–Trinajstić information content (AvgIpc) is 2.47. The number of carbonyl (C=O) groups excluding carboxylic acids is 1. The summed E-state index contributed by atoms with van der Waals surface area (Å²) in [6.07, 6.45) is 0. The van der Waals surface area contributed by atoms with Gasteiger partial charge < -0.3 is 19.5 Å². The second-order valence-electron chi connectivity index (χ2n) is 4.43. The fraction of sp³-hybridized carbons (Fsp3) is 0.462. The number of carbonyl (C=O) groups is 1. The van der Waals surface area contributed by atoms with Crippen molar-refractivity contribution in [2.24, 2.45) is 0 Å². The zero-order valence-corrected chi connectivity index (χ0v) is 15.1. The molecule has 0 fully saturated rings. The summed E-state index contributed by atoms with van der Waals surface area (Å²) < 4.78 is 46.9. The van der Waals surface area contributed by atoms with E-state index in [-0.39, 0.29) is 23.3 Å². The molecule has 11 heteroatoms. The van der Waals surface area contributed by atoms with Gasteiger partial charge in [0.05, 0.1) is 24.8 Å². The van der Waals surface area contributed by atoms with Crippen molar-refractivity contribution >= 4 is 39.3 Å². The van der Waals surface area contributed by atoms with Crippen molar-refractivity contribution in [3.05, 3.63) is 22.2 Å². The van der Waals surface area contributed by atoms with E-state index in [1.807, 2.05) is 0 Å². The summed E-state index contributed by atoms with van der Waals surface area (Å²) in [5.41, 5.74) is 0. The molecule has 0 aliphatic rings. The summed E-state index contributed by atoms with van der Waals surface area (Å²) in [4.78, 5) is 11.0. The molecule has 2 N–H and O–H groups in total. The number of hydrogen-bond donors (Lipinski definition) is 2. The second kappa shape index (κ2) is 10.1. The zero-order chi connectivity index (χ0) is 18.2. The normalized spacial score (nSPS) is 11.5. The summed E-state index contributed by atoms with van der Waals surface area (Å²) in [5.74, 6) is -1.40. The van der Waals surface area contributed by atoms with Crippen LogP contribution in [0.4, 0.5) is 0 Å². The number of halogens is 2. The quantitative estimate of drug-likeness (QED) is 0.262. The first kappa shape index (κ1) is 21.1. The first-order valence-corrected chi connectivity index (χ1v) is 8.92. The molecule has 1 aromatic rings. The average molecular weight is 402 g/mol. The minimum atomic E-state index is -4.67. The van der Waals surface area contributed by atoms with Crippen LogP contribution < -0.4 is 10.1 Å². The van der Waals surface area contributed by atoms with Crippen molar-refractivity contribution < 1.29 is 32.0 Å². The molecular formula is C13H17Cl2NO7S. The number of rotatable bonds is 10. The van der Waals surface area contributed by atoms with Crippen LogP contribution in [0.1, 0.15) is 0 Å². The van der Waals surface area contributed by atoms with Gasteiger partial charge in [-0.05, 0) is 19.2 Å².